The minimum Gasteiger partial charge on any atom is -0.379 e. The maximum atomic E-state index is 5.56. The number of aromatic nitrogens is 6. The summed E-state index contributed by atoms with van der Waals surface area (Å²) in [5, 5.41) is 19.8. The molecule has 3 aromatic heterocycles. The summed E-state index contributed by atoms with van der Waals surface area (Å²) in [7, 11) is 0. The summed E-state index contributed by atoms with van der Waals surface area (Å²) in [5.41, 5.74) is 5.99. The molecule has 0 spiro atoms. The summed E-state index contributed by atoms with van der Waals surface area (Å²) in [6, 6.07) is 0. The van der Waals surface area contributed by atoms with Crippen molar-refractivity contribution in [3.63, 3.8) is 0 Å². The van der Waals surface area contributed by atoms with Crippen molar-refractivity contribution in [3.05, 3.63) is 5.82 Å². The van der Waals surface area contributed by atoms with Gasteiger partial charge in [0.1, 0.15) is 0 Å². The summed E-state index contributed by atoms with van der Waals surface area (Å²) in [5.74, 6) is 0.931. The highest BCUT2D eigenvalue weighted by atomic mass is 32.1. The van der Waals surface area contributed by atoms with Gasteiger partial charge in [-0.3, -0.25) is 0 Å². The Bertz CT molecular complexity index is 622. The fourth-order valence-electron chi connectivity index (χ4n) is 1.15. The molecule has 0 aliphatic heterocycles. The van der Waals surface area contributed by atoms with Crippen molar-refractivity contribution in [3.8, 4) is 10.7 Å². The number of hydrogen-bond acceptors (Lipinski definition) is 8. The van der Waals surface area contributed by atoms with Gasteiger partial charge in [0.25, 0.3) is 0 Å². The zero-order valence-electron chi connectivity index (χ0n) is 7.58. The van der Waals surface area contributed by atoms with E-state index in [1.54, 1.807) is 4.52 Å². The first-order valence-electron chi connectivity index (χ1n) is 4.03. The molecule has 0 aliphatic rings. The van der Waals surface area contributed by atoms with Crippen LogP contribution in [0, 0.1) is 6.92 Å². The summed E-state index contributed by atoms with van der Waals surface area (Å²) in [6.45, 7) is 1.81. The van der Waals surface area contributed by atoms with Crippen LogP contribution in [0.1, 0.15) is 5.82 Å². The average molecular weight is 223 g/mol. The number of anilines is 1. The van der Waals surface area contributed by atoms with Crippen LogP contribution in [0.2, 0.25) is 0 Å². The average Bonchev–Trinajstić information content (AvgIpc) is 2.84. The van der Waals surface area contributed by atoms with Crippen LogP contribution in [0.4, 0.5) is 5.82 Å². The Morgan fingerprint density at radius 1 is 1.33 bits per heavy atom. The smallest absolute Gasteiger partial charge is 0.235 e. The summed E-state index contributed by atoms with van der Waals surface area (Å²) >= 11 is 1.33. The largest absolute Gasteiger partial charge is 0.379 e. The van der Waals surface area contributed by atoms with Gasteiger partial charge in [0, 0.05) is 0 Å². The van der Waals surface area contributed by atoms with E-state index in [1.807, 2.05) is 6.92 Å². The van der Waals surface area contributed by atoms with Gasteiger partial charge in [-0.25, -0.2) is 4.63 Å². The lowest BCUT2D eigenvalue weighted by Gasteiger charge is -1.85. The molecule has 0 radical (unpaired) electrons. The highest BCUT2D eigenvalue weighted by Crippen LogP contribution is 2.26. The van der Waals surface area contributed by atoms with E-state index in [2.05, 4.69) is 30.2 Å². The van der Waals surface area contributed by atoms with Crippen LogP contribution in [0.15, 0.2) is 4.63 Å². The molecule has 2 N–H and O–H groups in total. The van der Waals surface area contributed by atoms with Crippen LogP contribution in [0.25, 0.3) is 15.7 Å². The summed E-state index contributed by atoms with van der Waals surface area (Å²) in [4.78, 5) is 0.685. The number of nitrogen functional groups attached to an aromatic ring is 1. The minimum absolute atomic E-state index is 0.220. The highest BCUT2D eigenvalue weighted by Gasteiger charge is 2.16. The minimum atomic E-state index is 0.220. The molecule has 8 nitrogen and oxygen atoms in total. The fourth-order valence-corrected chi connectivity index (χ4v) is 2.03. The molecule has 0 atom stereocenters. The Morgan fingerprint density at radius 3 is 2.87 bits per heavy atom. The fraction of sp³-hybridized carbons (Fsp3) is 0.167. The standard InChI is InChI=1S/C6H5N7OS/c1-2-8-9-6-13(2)10-5(15-6)3-4(7)12-14-11-3/h1H3,(H2,7,12). The maximum Gasteiger partial charge on any atom is 0.235 e. The molecule has 9 heteroatoms. The molecule has 0 bridgehead atoms. The summed E-state index contributed by atoms with van der Waals surface area (Å²) < 4.78 is 6.12. The molecule has 0 aromatic carbocycles. The Balaban J connectivity index is 2.24. The van der Waals surface area contributed by atoms with E-state index in [0.29, 0.717) is 21.5 Å². The third-order valence-electron chi connectivity index (χ3n) is 1.86. The predicted molar refractivity (Wildman–Crippen MR) is 51.1 cm³/mol. The number of rotatable bonds is 1. The zero-order valence-corrected chi connectivity index (χ0v) is 8.39. The molecule has 15 heavy (non-hydrogen) atoms. The van der Waals surface area contributed by atoms with Gasteiger partial charge in [0.15, 0.2) is 22.3 Å². The maximum absolute atomic E-state index is 5.56. The molecule has 3 heterocycles. The van der Waals surface area contributed by atoms with Gasteiger partial charge in [0.05, 0.1) is 0 Å². The van der Waals surface area contributed by atoms with Gasteiger partial charge in [0.2, 0.25) is 4.96 Å². The first-order valence-corrected chi connectivity index (χ1v) is 4.84. The number of nitrogens with zero attached hydrogens (tertiary/aromatic N) is 6. The van der Waals surface area contributed by atoms with Crippen molar-refractivity contribution in [1.29, 1.82) is 0 Å². The van der Waals surface area contributed by atoms with E-state index >= 15 is 0 Å². The lowest BCUT2D eigenvalue weighted by Crippen LogP contribution is -1.91. The van der Waals surface area contributed by atoms with Gasteiger partial charge < -0.3 is 5.73 Å². The first-order chi connectivity index (χ1) is 7.25. The van der Waals surface area contributed by atoms with E-state index in [4.69, 9.17) is 5.73 Å². The third kappa shape index (κ3) is 1.09. The van der Waals surface area contributed by atoms with E-state index in [0.717, 1.165) is 0 Å². The van der Waals surface area contributed by atoms with E-state index < -0.39 is 0 Å². The molecule has 0 saturated carbocycles. The number of fused-ring (bicyclic) bond motifs is 1. The van der Waals surface area contributed by atoms with Gasteiger partial charge in [-0.15, -0.1) is 10.2 Å². The van der Waals surface area contributed by atoms with Crippen molar-refractivity contribution in [2.45, 2.75) is 6.92 Å². The van der Waals surface area contributed by atoms with Crippen molar-refractivity contribution < 1.29 is 4.63 Å². The Hall–Kier alpha value is -2.03. The molecule has 0 fully saturated rings. The Morgan fingerprint density at radius 2 is 2.20 bits per heavy atom. The van der Waals surface area contributed by atoms with Gasteiger partial charge in [-0.1, -0.05) is 11.3 Å². The van der Waals surface area contributed by atoms with Gasteiger partial charge in [-0.05, 0) is 17.2 Å². The molecule has 0 unspecified atom stereocenters. The normalized spacial score (nSPS) is 11.3. The Labute approximate surface area is 86.7 Å². The third-order valence-corrected chi connectivity index (χ3v) is 2.77. The first kappa shape index (κ1) is 8.29. The summed E-state index contributed by atoms with van der Waals surface area (Å²) in [6.07, 6.45) is 0. The van der Waals surface area contributed by atoms with Crippen LogP contribution in [-0.2, 0) is 0 Å². The number of nitrogens with two attached hydrogens (primary N) is 1. The van der Waals surface area contributed by atoms with E-state index in [9.17, 15) is 0 Å². The van der Waals surface area contributed by atoms with Gasteiger partial charge >= 0.3 is 0 Å². The van der Waals surface area contributed by atoms with Crippen molar-refractivity contribution in [2.75, 3.05) is 5.73 Å². The lowest BCUT2D eigenvalue weighted by atomic mass is 10.5. The van der Waals surface area contributed by atoms with Crippen LogP contribution >= 0.6 is 11.3 Å². The molecular formula is C6H5N7OS. The highest BCUT2D eigenvalue weighted by molar-refractivity contribution is 7.19. The second-order valence-corrected chi connectivity index (χ2v) is 3.80. The van der Waals surface area contributed by atoms with Crippen molar-refractivity contribution in [1.82, 2.24) is 30.1 Å². The quantitative estimate of drug-likeness (QED) is 0.624. The van der Waals surface area contributed by atoms with Crippen molar-refractivity contribution in [2.24, 2.45) is 0 Å². The van der Waals surface area contributed by atoms with Crippen LogP contribution < -0.4 is 5.73 Å². The number of aryl methyl sites for hydroxylation is 1. The molecular weight excluding hydrogens is 218 g/mol. The zero-order chi connectivity index (χ0) is 10.4. The van der Waals surface area contributed by atoms with E-state index in [-0.39, 0.29) is 5.82 Å². The molecule has 0 amide bonds. The lowest BCUT2D eigenvalue weighted by molar-refractivity contribution is 0.310. The second-order valence-electron chi connectivity index (χ2n) is 2.85. The second kappa shape index (κ2) is 2.73. The van der Waals surface area contributed by atoms with Crippen LogP contribution in [0.3, 0.4) is 0 Å². The SMILES string of the molecule is Cc1nnc2sc(-c3nonc3N)nn12. The molecule has 3 rings (SSSR count). The molecule has 76 valence electrons. The molecule has 3 aromatic rings. The predicted octanol–water partition coefficient (Wildman–Crippen LogP) is 0.126. The Kier molecular flexibility index (Phi) is 1.51. The topological polar surface area (TPSA) is 108 Å². The molecule has 0 aliphatic carbocycles. The van der Waals surface area contributed by atoms with Crippen LogP contribution in [0.5, 0.6) is 0 Å². The number of hydrogen-bond donors (Lipinski definition) is 1. The monoisotopic (exact) mass is 223 g/mol. The van der Waals surface area contributed by atoms with Gasteiger partial charge in [-0.2, -0.15) is 9.61 Å². The van der Waals surface area contributed by atoms with Crippen molar-refractivity contribution >= 4 is 22.1 Å². The molecule has 0 saturated heterocycles. The van der Waals surface area contributed by atoms with E-state index in [1.165, 1.54) is 11.3 Å². The van der Waals surface area contributed by atoms with Crippen LogP contribution in [-0.4, -0.2) is 30.1 Å².